The Kier molecular flexibility index (Phi) is 2.32. The second-order valence-electron chi connectivity index (χ2n) is 3.79. The maximum Gasteiger partial charge on any atom is 0.274 e. The number of aryl methyl sites for hydroxylation is 1. The van der Waals surface area contributed by atoms with Crippen LogP contribution in [0.25, 0.3) is 0 Å². The van der Waals surface area contributed by atoms with Crippen LogP contribution in [0.5, 0.6) is 0 Å². The molecule has 5 heteroatoms. The van der Waals surface area contributed by atoms with Crippen LogP contribution in [-0.2, 0) is 0 Å². The fourth-order valence-corrected chi connectivity index (χ4v) is 1.66. The van der Waals surface area contributed by atoms with E-state index in [1.54, 1.807) is 19.1 Å². The first-order chi connectivity index (χ1) is 7.08. The van der Waals surface area contributed by atoms with Crippen molar-refractivity contribution in [2.24, 2.45) is 0 Å². The molecule has 1 fully saturated rings. The summed E-state index contributed by atoms with van der Waals surface area (Å²) in [5, 5.41) is 19.8. The van der Waals surface area contributed by atoms with Crippen molar-refractivity contribution in [1.82, 2.24) is 0 Å². The summed E-state index contributed by atoms with van der Waals surface area (Å²) in [6.45, 7) is 2.83. The normalized spacial score (nSPS) is 16.3. The van der Waals surface area contributed by atoms with Crippen LogP contribution in [0.2, 0.25) is 0 Å². The predicted molar refractivity (Wildman–Crippen MR) is 56.1 cm³/mol. The number of aliphatic hydroxyl groups excluding tert-OH is 1. The Balaban J connectivity index is 2.27. The summed E-state index contributed by atoms with van der Waals surface area (Å²) in [4.78, 5) is 12.2. The monoisotopic (exact) mass is 208 g/mol. The van der Waals surface area contributed by atoms with Gasteiger partial charge in [0.25, 0.3) is 5.69 Å². The van der Waals surface area contributed by atoms with Crippen molar-refractivity contribution in [3.05, 3.63) is 33.9 Å². The molecule has 0 unspecified atom stereocenters. The predicted octanol–water partition coefficient (Wildman–Crippen LogP) is 1.08. The molecule has 1 aromatic carbocycles. The molecule has 1 N–H and O–H groups in total. The van der Waals surface area contributed by atoms with E-state index in [1.165, 1.54) is 0 Å². The SMILES string of the molecule is Cc1ccc(N2CC(O)C2)cc1[N+](=O)[O-]. The summed E-state index contributed by atoms with van der Waals surface area (Å²) in [5.41, 5.74) is 1.59. The van der Waals surface area contributed by atoms with Crippen molar-refractivity contribution >= 4 is 11.4 Å². The van der Waals surface area contributed by atoms with Gasteiger partial charge in [0, 0.05) is 30.4 Å². The number of hydrogen-bond acceptors (Lipinski definition) is 4. The second kappa shape index (κ2) is 3.51. The highest BCUT2D eigenvalue weighted by Crippen LogP contribution is 2.27. The van der Waals surface area contributed by atoms with Crippen LogP contribution in [-0.4, -0.2) is 29.2 Å². The first-order valence-electron chi connectivity index (χ1n) is 4.76. The summed E-state index contributed by atoms with van der Waals surface area (Å²) in [5.74, 6) is 0. The number of nitrogens with zero attached hydrogens (tertiary/aromatic N) is 2. The van der Waals surface area contributed by atoms with Crippen molar-refractivity contribution in [2.75, 3.05) is 18.0 Å². The second-order valence-corrected chi connectivity index (χ2v) is 3.79. The van der Waals surface area contributed by atoms with E-state index in [0.717, 1.165) is 5.69 Å². The van der Waals surface area contributed by atoms with Crippen LogP contribution < -0.4 is 4.90 Å². The van der Waals surface area contributed by atoms with Crippen molar-refractivity contribution in [2.45, 2.75) is 13.0 Å². The average Bonchev–Trinajstić information content (AvgIpc) is 2.14. The molecule has 1 saturated heterocycles. The Bertz CT molecular complexity index is 400. The first-order valence-corrected chi connectivity index (χ1v) is 4.76. The molecular formula is C10H12N2O3. The van der Waals surface area contributed by atoms with Gasteiger partial charge >= 0.3 is 0 Å². The highest BCUT2D eigenvalue weighted by molar-refractivity contribution is 5.58. The van der Waals surface area contributed by atoms with Crippen molar-refractivity contribution in [3.8, 4) is 0 Å². The van der Waals surface area contributed by atoms with Gasteiger partial charge in [-0.25, -0.2) is 0 Å². The van der Waals surface area contributed by atoms with Crippen molar-refractivity contribution in [3.63, 3.8) is 0 Å². The molecule has 0 aromatic heterocycles. The quantitative estimate of drug-likeness (QED) is 0.583. The summed E-state index contributed by atoms with van der Waals surface area (Å²) >= 11 is 0. The third-order valence-electron chi connectivity index (χ3n) is 2.62. The molecular weight excluding hydrogens is 196 g/mol. The van der Waals surface area contributed by atoms with E-state index in [-0.39, 0.29) is 16.7 Å². The van der Waals surface area contributed by atoms with Gasteiger partial charge in [-0.1, -0.05) is 6.07 Å². The smallest absolute Gasteiger partial charge is 0.274 e. The maximum absolute atomic E-state index is 10.7. The van der Waals surface area contributed by atoms with Crippen LogP contribution >= 0.6 is 0 Å². The summed E-state index contributed by atoms with van der Waals surface area (Å²) in [6, 6.07) is 5.13. The molecule has 0 saturated carbocycles. The molecule has 1 aromatic rings. The topological polar surface area (TPSA) is 66.6 Å². The number of β-amino-alcohol motifs (C(OH)–C–C–N with tert-alkyl or cyclic N) is 1. The molecule has 5 nitrogen and oxygen atoms in total. The molecule has 1 heterocycles. The van der Waals surface area contributed by atoms with E-state index < -0.39 is 0 Å². The molecule has 2 rings (SSSR count). The lowest BCUT2D eigenvalue weighted by Gasteiger charge is -2.37. The zero-order chi connectivity index (χ0) is 11.0. The van der Waals surface area contributed by atoms with Gasteiger partial charge in [-0.3, -0.25) is 10.1 Å². The number of nitro benzene ring substituents is 1. The molecule has 0 bridgehead atoms. The minimum absolute atomic E-state index is 0.133. The fourth-order valence-electron chi connectivity index (χ4n) is 1.66. The molecule has 0 atom stereocenters. The Hall–Kier alpha value is -1.62. The number of benzene rings is 1. The lowest BCUT2D eigenvalue weighted by atomic mass is 10.1. The van der Waals surface area contributed by atoms with Crippen LogP contribution in [0.4, 0.5) is 11.4 Å². The number of hydrogen-bond donors (Lipinski definition) is 1. The van der Waals surface area contributed by atoms with Crippen molar-refractivity contribution < 1.29 is 10.0 Å². The van der Waals surface area contributed by atoms with Gasteiger partial charge in [-0.15, -0.1) is 0 Å². The molecule has 0 aliphatic carbocycles. The van der Waals surface area contributed by atoms with Crippen LogP contribution in [0.3, 0.4) is 0 Å². The molecule has 1 aliphatic rings. The van der Waals surface area contributed by atoms with Crippen LogP contribution in [0, 0.1) is 17.0 Å². The van der Waals surface area contributed by atoms with Crippen LogP contribution in [0.15, 0.2) is 18.2 Å². The summed E-state index contributed by atoms with van der Waals surface area (Å²) in [7, 11) is 0. The van der Waals surface area contributed by atoms with E-state index >= 15 is 0 Å². The largest absolute Gasteiger partial charge is 0.389 e. The fraction of sp³-hybridized carbons (Fsp3) is 0.400. The minimum atomic E-state index is -0.380. The van der Waals surface area contributed by atoms with Gasteiger partial charge in [-0.05, 0) is 13.0 Å². The van der Waals surface area contributed by atoms with Crippen LogP contribution in [0.1, 0.15) is 5.56 Å². The van der Waals surface area contributed by atoms with E-state index in [1.807, 2.05) is 11.0 Å². The standard InChI is InChI=1S/C10H12N2O3/c1-7-2-3-8(4-10(7)12(14)15)11-5-9(13)6-11/h2-4,9,13H,5-6H2,1H3. The Morgan fingerprint density at radius 3 is 2.73 bits per heavy atom. The minimum Gasteiger partial charge on any atom is -0.389 e. The first kappa shape index (κ1) is 9.92. The molecule has 0 radical (unpaired) electrons. The Labute approximate surface area is 87.1 Å². The van der Waals surface area contributed by atoms with Gasteiger partial charge in [-0.2, -0.15) is 0 Å². The molecule has 0 amide bonds. The summed E-state index contributed by atoms with van der Waals surface area (Å²) < 4.78 is 0. The number of aliphatic hydroxyl groups is 1. The number of anilines is 1. The van der Waals surface area contributed by atoms with E-state index in [9.17, 15) is 10.1 Å². The number of nitro groups is 1. The Morgan fingerprint density at radius 1 is 1.53 bits per heavy atom. The lowest BCUT2D eigenvalue weighted by Crippen LogP contribution is -2.50. The highest BCUT2D eigenvalue weighted by Gasteiger charge is 2.25. The molecule has 1 aliphatic heterocycles. The van der Waals surface area contributed by atoms with E-state index in [2.05, 4.69) is 0 Å². The zero-order valence-corrected chi connectivity index (χ0v) is 8.38. The lowest BCUT2D eigenvalue weighted by molar-refractivity contribution is -0.385. The molecule has 0 spiro atoms. The zero-order valence-electron chi connectivity index (χ0n) is 8.38. The third-order valence-corrected chi connectivity index (χ3v) is 2.62. The van der Waals surface area contributed by atoms with Gasteiger partial charge in [0.1, 0.15) is 0 Å². The van der Waals surface area contributed by atoms with Crippen molar-refractivity contribution in [1.29, 1.82) is 0 Å². The average molecular weight is 208 g/mol. The highest BCUT2D eigenvalue weighted by atomic mass is 16.6. The molecule has 80 valence electrons. The summed E-state index contributed by atoms with van der Waals surface area (Å²) in [6.07, 6.45) is -0.301. The third kappa shape index (κ3) is 1.78. The Morgan fingerprint density at radius 2 is 2.20 bits per heavy atom. The van der Waals surface area contributed by atoms with Gasteiger partial charge in [0.2, 0.25) is 0 Å². The van der Waals surface area contributed by atoms with Gasteiger partial charge in [0.05, 0.1) is 11.0 Å². The van der Waals surface area contributed by atoms with Gasteiger partial charge in [0.15, 0.2) is 0 Å². The van der Waals surface area contributed by atoms with E-state index in [4.69, 9.17) is 5.11 Å². The van der Waals surface area contributed by atoms with E-state index in [0.29, 0.717) is 18.7 Å². The maximum atomic E-state index is 10.7. The number of rotatable bonds is 2. The molecule has 15 heavy (non-hydrogen) atoms. The van der Waals surface area contributed by atoms with Gasteiger partial charge < -0.3 is 10.0 Å².